The van der Waals surface area contributed by atoms with Crippen LogP contribution in [-0.2, 0) is 20.0 Å². The average molecular weight is 289 g/mol. The number of nitrogens with one attached hydrogen (secondary N) is 1. The molecule has 0 bridgehead atoms. The fourth-order valence-electron chi connectivity index (χ4n) is 2.40. The van der Waals surface area contributed by atoms with Crippen molar-refractivity contribution in [2.45, 2.75) is 26.8 Å². The maximum atomic E-state index is 4.60. The molecule has 1 N–H and O–H groups in total. The second kappa shape index (κ2) is 5.38. The van der Waals surface area contributed by atoms with Gasteiger partial charge in [-0.3, -0.25) is 9.08 Å². The number of aryl methyl sites for hydroxylation is 3. The van der Waals surface area contributed by atoms with Crippen LogP contribution in [0, 0.1) is 13.8 Å². The van der Waals surface area contributed by atoms with Crippen LogP contribution in [0.4, 0.5) is 0 Å². The first-order chi connectivity index (χ1) is 9.65. The smallest absolute Gasteiger partial charge is 0.194 e. The lowest BCUT2D eigenvalue weighted by Gasteiger charge is -2.05. The number of hydrogen-bond donors (Lipinski definition) is 1. The minimum atomic E-state index is 0.845. The van der Waals surface area contributed by atoms with Gasteiger partial charge in [0.1, 0.15) is 0 Å². The summed E-state index contributed by atoms with van der Waals surface area (Å²) in [5, 5.41) is 10.0. The largest absolute Gasteiger partial charge is 0.311 e. The van der Waals surface area contributed by atoms with Crippen LogP contribution < -0.4 is 5.32 Å². The van der Waals surface area contributed by atoms with Crippen LogP contribution in [0.5, 0.6) is 0 Å². The molecule has 3 rings (SSSR count). The zero-order valence-corrected chi connectivity index (χ0v) is 12.9. The standard InChI is InChI=1S/C14H19N5S/c1-10-9-20-14-16-11(2)13(19(10)14)8-15-6-4-12-5-7-18(3)17-12/h5,7,9,15H,4,6,8H2,1-3H3. The van der Waals surface area contributed by atoms with Gasteiger partial charge >= 0.3 is 0 Å². The summed E-state index contributed by atoms with van der Waals surface area (Å²) in [6, 6.07) is 2.06. The predicted octanol–water partition coefficient (Wildman–Crippen LogP) is 2.08. The Kier molecular flexibility index (Phi) is 3.58. The molecule has 106 valence electrons. The van der Waals surface area contributed by atoms with Gasteiger partial charge in [0.2, 0.25) is 0 Å². The molecule has 0 saturated heterocycles. The molecule has 0 aliphatic rings. The first kappa shape index (κ1) is 13.3. The Hall–Kier alpha value is -1.66. The Bertz CT molecular complexity index is 721. The van der Waals surface area contributed by atoms with Crippen molar-refractivity contribution >= 4 is 16.3 Å². The first-order valence-corrected chi connectivity index (χ1v) is 7.64. The number of imidazole rings is 1. The summed E-state index contributed by atoms with van der Waals surface area (Å²) in [7, 11) is 1.95. The molecule has 5 nitrogen and oxygen atoms in total. The van der Waals surface area contributed by atoms with Crippen LogP contribution in [-0.4, -0.2) is 25.7 Å². The van der Waals surface area contributed by atoms with E-state index >= 15 is 0 Å². The molecule has 3 heterocycles. The number of hydrogen-bond acceptors (Lipinski definition) is 4. The second-order valence-corrected chi connectivity index (χ2v) is 5.88. The van der Waals surface area contributed by atoms with Crippen LogP contribution in [0.25, 0.3) is 4.96 Å². The molecule has 20 heavy (non-hydrogen) atoms. The van der Waals surface area contributed by atoms with Gasteiger partial charge in [0.15, 0.2) is 4.96 Å². The molecule has 0 fully saturated rings. The third-order valence-corrected chi connectivity index (χ3v) is 4.39. The van der Waals surface area contributed by atoms with Gasteiger partial charge in [0.25, 0.3) is 0 Å². The number of aromatic nitrogens is 4. The Morgan fingerprint density at radius 3 is 2.95 bits per heavy atom. The number of rotatable bonds is 5. The molecule has 0 saturated carbocycles. The highest BCUT2D eigenvalue weighted by molar-refractivity contribution is 7.15. The maximum absolute atomic E-state index is 4.60. The molecule has 0 aliphatic carbocycles. The lowest BCUT2D eigenvalue weighted by Crippen LogP contribution is -2.18. The molecule has 0 radical (unpaired) electrons. The molecule has 0 aromatic carbocycles. The molecule has 0 amide bonds. The molecule has 3 aromatic heterocycles. The fraction of sp³-hybridized carbons (Fsp3) is 0.429. The Balaban J connectivity index is 1.62. The van der Waals surface area contributed by atoms with Gasteiger partial charge in [-0.15, -0.1) is 11.3 Å². The summed E-state index contributed by atoms with van der Waals surface area (Å²) >= 11 is 1.70. The van der Waals surface area contributed by atoms with Gasteiger partial charge in [-0.1, -0.05) is 0 Å². The summed E-state index contributed by atoms with van der Waals surface area (Å²) in [6.45, 7) is 5.97. The van der Waals surface area contributed by atoms with Crippen molar-refractivity contribution < 1.29 is 0 Å². The lowest BCUT2D eigenvalue weighted by molar-refractivity contribution is 0.651. The van der Waals surface area contributed by atoms with E-state index in [4.69, 9.17) is 0 Å². The van der Waals surface area contributed by atoms with Gasteiger partial charge in [-0.25, -0.2) is 4.98 Å². The Morgan fingerprint density at radius 1 is 1.35 bits per heavy atom. The third-order valence-electron chi connectivity index (χ3n) is 3.45. The van der Waals surface area contributed by atoms with Crippen molar-refractivity contribution in [3.63, 3.8) is 0 Å². The van der Waals surface area contributed by atoms with Crippen LogP contribution >= 0.6 is 11.3 Å². The summed E-state index contributed by atoms with van der Waals surface area (Å²) in [5.41, 5.74) is 4.76. The first-order valence-electron chi connectivity index (χ1n) is 6.76. The summed E-state index contributed by atoms with van der Waals surface area (Å²) in [4.78, 5) is 5.68. The van der Waals surface area contributed by atoms with E-state index in [2.05, 4.69) is 45.1 Å². The van der Waals surface area contributed by atoms with Gasteiger partial charge < -0.3 is 5.32 Å². The van der Waals surface area contributed by atoms with Crippen molar-refractivity contribution in [1.29, 1.82) is 0 Å². The van der Waals surface area contributed by atoms with E-state index in [-0.39, 0.29) is 0 Å². The van der Waals surface area contributed by atoms with Crippen molar-refractivity contribution in [3.05, 3.63) is 40.4 Å². The number of fused-ring (bicyclic) bond motifs is 1. The average Bonchev–Trinajstić information content (AvgIpc) is 3.05. The van der Waals surface area contributed by atoms with Crippen LogP contribution in [0.2, 0.25) is 0 Å². The van der Waals surface area contributed by atoms with E-state index < -0.39 is 0 Å². The zero-order chi connectivity index (χ0) is 14.1. The predicted molar refractivity (Wildman–Crippen MR) is 81.2 cm³/mol. The minimum absolute atomic E-state index is 0.845. The molecule has 0 aliphatic heterocycles. The van der Waals surface area contributed by atoms with Crippen LogP contribution in [0.3, 0.4) is 0 Å². The van der Waals surface area contributed by atoms with Gasteiger partial charge in [0, 0.05) is 43.8 Å². The van der Waals surface area contributed by atoms with E-state index in [0.717, 1.165) is 35.9 Å². The monoisotopic (exact) mass is 289 g/mol. The quantitative estimate of drug-likeness (QED) is 0.732. The Labute approximate surface area is 122 Å². The van der Waals surface area contributed by atoms with Crippen molar-refractivity contribution in [2.75, 3.05) is 6.54 Å². The van der Waals surface area contributed by atoms with Crippen LogP contribution in [0.1, 0.15) is 22.8 Å². The molecular weight excluding hydrogens is 270 g/mol. The minimum Gasteiger partial charge on any atom is -0.311 e. The van der Waals surface area contributed by atoms with Gasteiger partial charge in [0.05, 0.1) is 17.1 Å². The van der Waals surface area contributed by atoms with Crippen molar-refractivity contribution in [1.82, 2.24) is 24.5 Å². The molecule has 0 atom stereocenters. The molecule has 0 unspecified atom stereocenters. The maximum Gasteiger partial charge on any atom is 0.194 e. The van der Waals surface area contributed by atoms with E-state index in [1.165, 1.54) is 11.4 Å². The zero-order valence-electron chi connectivity index (χ0n) is 12.1. The van der Waals surface area contributed by atoms with E-state index in [1.807, 2.05) is 17.9 Å². The topological polar surface area (TPSA) is 47.1 Å². The van der Waals surface area contributed by atoms with Gasteiger partial charge in [-0.05, 0) is 19.9 Å². The number of thiazole rings is 1. The second-order valence-electron chi connectivity index (χ2n) is 5.05. The highest BCUT2D eigenvalue weighted by Gasteiger charge is 2.11. The third kappa shape index (κ3) is 2.48. The summed E-state index contributed by atoms with van der Waals surface area (Å²) < 4.78 is 4.09. The fourth-order valence-corrected chi connectivity index (χ4v) is 3.33. The Morgan fingerprint density at radius 2 is 2.20 bits per heavy atom. The molecule has 3 aromatic rings. The van der Waals surface area contributed by atoms with E-state index in [9.17, 15) is 0 Å². The van der Waals surface area contributed by atoms with E-state index in [0.29, 0.717) is 0 Å². The summed E-state index contributed by atoms with van der Waals surface area (Å²) in [6.07, 6.45) is 2.93. The highest BCUT2D eigenvalue weighted by atomic mass is 32.1. The molecular formula is C14H19N5S. The lowest BCUT2D eigenvalue weighted by atomic mass is 10.3. The summed E-state index contributed by atoms with van der Waals surface area (Å²) in [5.74, 6) is 0. The highest BCUT2D eigenvalue weighted by Crippen LogP contribution is 2.20. The van der Waals surface area contributed by atoms with E-state index in [1.54, 1.807) is 11.3 Å². The molecule has 6 heteroatoms. The van der Waals surface area contributed by atoms with Crippen LogP contribution in [0.15, 0.2) is 17.6 Å². The van der Waals surface area contributed by atoms with Crippen molar-refractivity contribution in [3.8, 4) is 0 Å². The SMILES string of the molecule is Cc1nc2scc(C)n2c1CNCCc1ccn(C)n1. The number of nitrogens with zero attached hydrogens (tertiary/aromatic N) is 4. The van der Waals surface area contributed by atoms with Gasteiger partial charge in [-0.2, -0.15) is 5.10 Å². The normalized spacial score (nSPS) is 11.6. The molecule has 0 spiro atoms. The van der Waals surface area contributed by atoms with Crippen molar-refractivity contribution in [2.24, 2.45) is 7.05 Å².